The van der Waals surface area contributed by atoms with Crippen molar-refractivity contribution in [3.05, 3.63) is 59.1 Å². The third-order valence-corrected chi connectivity index (χ3v) is 4.08. The lowest BCUT2D eigenvalue weighted by atomic mass is 10.1. The Morgan fingerprint density at radius 2 is 2.17 bits per heavy atom. The van der Waals surface area contributed by atoms with Gasteiger partial charge in [0, 0.05) is 9.58 Å². The fourth-order valence-corrected chi connectivity index (χ4v) is 3.22. The predicted molar refractivity (Wildman–Crippen MR) is 71.4 cm³/mol. The van der Waals surface area contributed by atoms with E-state index in [0.717, 1.165) is 20.7 Å². The predicted octanol–water partition coefficient (Wildman–Crippen LogP) is 3.94. The Bertz CT molecular complexity index is 660. The Kier molecular flexibility index (Phi) is 2.89. The standard InChI is InChI=1S/C14H12FNOS/c1-16-14(11-3-2-6-17-11)13-8-9-7-10(15)4-5-12(9)18-13/h2-8,14,16H,1H3. The van der Waals surface area contributed by atoms with E-state index in [4.69, 9.17) is 4.42 Å². The fourth-order valence-electron chi connectivity index (χ4n) is 2.06. The van der Waals surface area contributed by atoms with Crippen LogP contribution in [0.25, 0.3) is 10.1 Å². The van der Waals surface area contributed by atoms with Crippen LogP contribution in [0.4, 0.5) is 4.39 Å². The molecule has 1 aromatic carbocycles. The van der Waals surface area contributed by atoms with Crippen LogP contribution < -0.4 is 5.32 Å². The van der Waals surface area contributed by atoms with E-state index in [1.165, 1.54) is 6.07 Å². The van der Waals surface area contributed by atoms with Gasteiger partial charge in [-0.15, -0.1) is 11.3 Å². The molecule has 1 unspecified atom stereocenters. The third kappa shape index (κ3) is 1.94. The minimum absolute atomic E-state index is 0.0143. The number of hydrogen-bond donors (Lipinski definition) is 1. The Hall–Kier alpha value is -1.65. The summed E-state index contributed by atoms with van der Waals surface area (Å²) in [7, 11) is 1.89. The number of rotatable bonds is 3. The van der Waals surface area contributed by atoms with Crippen LogP contribution in [0.3, 0.4) is 0 Å². The number of nitrogens with one attached hydrogen (secondary N) is 1. The van der Waals surface area contributed by atoms with E-state index >= 15 is 0 Å². The lowest BCUT2D eigenvalue weighted by molar-refractivity contribution is 0.466. The van der Waals surface area contributed by atoms with Gasteiger partial charge in [-0.1, -0.05) is 0 Å². The Balaban J connectivity index is 2.07. The molecular weight excluding hydrogens is 249 g/mol. The maximum absolute atomic E-state index is 13.2. The summed E-state index contributed by atoms with van der Waals surface area (Å²) in [6.07, 6.45) is 1.66. The second kappa shape index (κ2) is 4.55. The summed E-state index contributed by atoms with van der Waals surface area (Å²) in [5.41, 5.74) is 0. The van der Waals surface area contributed by atoms with Gasteiger partial charge in [-0.3, -0.25) is 0 Å². The van der Waals surface area contributed by atoms with Crippen molar-refractivity contribution in [2.45, 2.75) is 6.04 Å². The molecule has 2 nitrogen and oxygen atoms in total. The molecule has 0 bridgehead atoms. The lowest BCUT2D eigenvalue weighted by Gasteiger charge is -2.10. The van der Waals surface area contributed by atoms with Crippen molar-refractivity contribution in [2.24, 2.45) is 0 Å². The van der Waals surface area contributed by atoms with Crippen LogP contribution in [0.5, 0.6) is 0 Å². The van der Waals surface area contributed by atoms with Gasteiger partial charge in [0.25, 0.3) is 0 Å². The summed E-state index contributed by atoms with van der Waals surface area (Å²) in [5, 5.41) is 4.15. The molecule has 0 saturated heterocycles. The summed E-state index contributed by atoms with van der Waals surface area (Å²) in [6.45, 7) is 0. The van der Waals surface area contributed by atoms with Crippen LogP contribution in [0, 0.1) is 5.82 Å². The molecule has 18 heavy (non-hydrogen) atoms. The minimum Gasteiger partial charge on any atom is -0.467 e. The molecule has 1 atom stereocenters. The molecule has 2 heterocycles. The maximum atomic E-state index is 13.2. The average molecular weight is 261 g/mol. The molecule has 0 aliphatic rings. The van der Waals surface area contributed by atoms with Gasteiger partial charge in [-0.25, -0.2) is 4.39 Å². The van der Waals surface area contributed by atoms with E-state index in [9.17, 15) is 4.39 Å². The monoisotopic (exact) mass is 261 g/mol. The Labute approximate surface area is 108 Å². The highest BCUT2D eigenvalue weighted by molar-refractivity contribution is 7.19. The summed E-state index contributed by atoms with van der Waals surface area (Å²) in [5.74, 6) is 0.662. The van der Waals surface area contributed by atoms with E-state index in [1.54, 1.807) is 23.7 Å². The van der Waals surface area contributed by atoms with Gasteiger partial charge in [-0.05, 0) is 48.8 Å². The van der Waals surface area contributed by atoms with E-state index in [2.05, 4.69) is 5.32 Å². The highest BCUT2D eigenvalue weighted by Crippen LogP contribution is 2.33. The molecule has 3 aromatic rings. The van der Waals surface area contributed by atoms with Crippen molar-refractivity contribution >= 4 is 21.4 Å². The summed E-state index contributed by atoms with van der Waals surface area (Å²) >= 11 is 1.65. The number of fused-ring (bicyclic) bond motifs is 1. The van der Waals surface area contributed by atoms with Crippen molar-refractivity contribution in [2.75, 3.05) is 7.05 Å². The van der Waals surface area contributed by atoms with Crippen LogP contribution in [0.2, 0.25) is 0 Å². The van der Waals surface area contributed by atoms with Crippen molar-refractivity contribution in [1.29, 1.82) is 0 Å². The molecule has 2 aromatic heterocycles. The van der Waals surface area contributed by atoms with E-state index in [-0.39, 0.29) is 11.9 Å². The molecule has 92 valence electrons. The lowest BCUT2D eigenvalue weighted by Crippen LogP contribution is -2.15. The van der Waals surface area contributed by atoms with Gasteiger partial charge in [0.05, 0.1) is 6.26 Å². The van der Waals surface area contributed by atoms with Gasteiger partial charge in [-0.2, -0.15) is 0 Å². The van der Waals surface area contributed by atoms with Gasteiger partial charge >= 0.3 is 0 Å². The number of benzene rings is 1. The minimum atomic E-state index is -0.203. The Morgan fingerprint density at radius 3 is 2.89 bits per heavy atom. The van der Waals surface area contributed by atoms with E-state index in [0.29, 0.717) is 0 Å². The molecule has 0 fully saturated rings. The van der Waals surface area contributed by atoms with Crippen LogP contribution in [0.15, 0.2) is 47.1 Å². The summed E-state index contributed by atoms with van der Waals surface area (Å²) < 4.78 is 19.7. The molecule has 0 amide bonds. The quantitative estimate of drug-likeness (QED) is 0.772. The van der Waals surface area contributed by atoms with Gasteiger partial charge < -0.3 is 9.73 Å². The second-order valence-corrected chi connectivity index (χ2v) is 5.18. The first kappa shape index (κ1) is 11.4. The van der Waals surface area contributed by atoms with Gasteiger partial charge in [0.15, 0.2) is 0 Å². The average Bonchev–Trinajstić information content (AvgIpc) is 2.98. The zero-order valence-corrected chi connectivity index (χ0v) is 10.6. The normalized spacial score (nSPS) is 13.0. The first-order valence-electron chi connectivity index (χ1n) is 5.67. The molecule has 0 saturated carbocycles. The van der Waals surface area contributed by atoms with Crippen molar-refractivity contribution in [3.8, 4) is 0 Å². The number of hydrogen-bond acceptors (Lipinski definition) is 3. The van der Waals surface area contributed by atoms with Crippen LogP contribution in [-0.2, 0) is 0 Å². The van der Waals surface area contributed by atoms with Crippen LogP contribution >= 0.6 is 11.3 Å². The van der Waals surface area contributed by atoms with E-state index < -0.39 is 0 Å². The van der Waals surface area contributed by atoms with Crippen LogP contribution in [0.1, 0.15) is 16.7 Å². The highest BCUT2D eigenvalue weighted by Gasteiger charge is 2.17. The van der Waals surface area contributed by atoms with Crippen molar-refractivity contribution in [1.82, 2.24) is 5.32 Å². The SMILES string of the molecule is CNC(c1ccco1)c1cc2cc(F)ccc2s1. The maximum Gasteiger partial charge on any atom is 0.126 e. The third-order valence-electron chi connectivity index (χ3n) is 2.90. The smallest absolute Gasteiger partial charge is 0.126 e. The largest absolute Gasteiger partial charge is 0.467 e. The van der Waals surface area contributed by atoms with Gasteiger partial charge in [0.2, 0.25) is 0 Å². The first-order valence-corrected chi connectivity index (χ1v) is 6.49. The second-order valence-electron chi connectivity index (χ2n) is 4.07. The molecule has 1 N–H and O–H groups in total. The molecule has 0 radical (unpaired) electrons. The fraction of sp³-hybridized carbons (Fsp3) is 0.143. The van der Waals surface area contributed by atoms with Crippen molar-refractivity contribution < 1.29 is 8.81 Å². The van der Waals surface area contributed by atoms with Gasteiger partial charge in [0.1, 0.15) is 17.6 Å². The molecule has 4 heteroatoms. The highest BCUT2D eigenvalue weighted by atomic mass is 32.1. The Morgan fingerprint density at radius 1 is 1.28 bits per heavy atom. The number of halogens is 1. The van der Waals surface area contributed by atoms with Crippen LogP contribution in [-0.4, -0.2) is 7.05 Å². The molecule has 0 aliphatic carbocycles. The summed E-state index contributed by atoms with van der Waals surface area (Å²) in [6, 6.07) is 10.7. The number of thiophene rings is 1. The first-order chi connectivity index (χ1) is 8.78. The zero-order valence-electron chi connectivity index (χ0n) is 9.81. The van der Waals surface area contributed by atoms with Crippen molar-refractivity contribution in [3.63, 3.8) is 0 Å². The zero-order chi connectivity index (χ0) is 12.5. The molecular formula is C14H12FNOS. The topological polar surface area (TPSA) is 25.2 Å². The molecule has 0 aliphatic heterocycles. The summed E-state index contributed by atoms with van der Waals surface area (Å²) in [4.78, 5) is 1.12. The van der Waals surface area contributed by atoms with E-state index in [1.807, 2.05) is 31.3 Å². The molecule has 0 spiro atoms. The number of furan rings is 1. The molecule has 3 rings (SSSR count).